The Bertz CT molecular complexity index is 1220. The second-order valence-corrected chi connectivity index (χ2v) is 7.84. The lowest BCUT2D eigenvalue weighted by atomic mass is 9.88. The van der Waals surface area contributed by atoms with E-state index in [4.69, 9.17) is 27.1 Å². The molecule has 7 nitrogen and oxygen atoms in total. The number of aromatic carboxylic acids is 1. The summed E-state index contributed by atoms with van der Waals surface area (Å²) in [6.45, 7) is 0. The fourth-order valence-electron chi connectivity index (χ4n) is 3.69. The molecule has 0 radical (unpaired) electrons. The van der Waals surface area contributed by atoms with Crippen LogP contribution in [0.5, 0.6) is 0 Å². The van der Waals surface area contributed by atoms with E-state index in [0.717, 1.165) is 28.1 Å². The first-order valence-electron chi connectivity index (χ1n) is 10.1. The molecule has 8 heteroatoms. The van der Waals surface area contributed by atoms with Crippen LogP contribution in [0.2, 0.25) is 5.02 Å². The first kappa shape index (κ1) is 21.5. The molecular formula is C24H22ClN5O2. The van der Waals surface area contributed by atoms with E-state index in [2.05, 4.69) is 27.8 Å². The van der Waals surface area contributed by atoms with Gasteiger partial charge in [-0.1, -0.05) is 41.9 Å². The molecule has 1 heterocycles. The molecule has 3 aromatic rings. The van der Waals surface area contributed by atoms with Crippen LogP contribution < -0.4 is 10.6 Å². The Kier molecular flexibility index (Phi) is 6.18. The van der Waals surface area contributed by atoms with Crippen LogP contribution in [0, 0.1) is 5.41 Å². The fraction of sp³-hybridized carbons (Fsp3) is 0.167. The Morgan fingerprint density at radius 3 is 2.66 bits per heavy atom. The zero-order chi connectivity index (χ0) is 22.7. The number of anilines is 2. The van der Waals surface area contributed by atoms with Gasteiger partial charge in [-0.3, -0.25) is 0 Å². The largest absolute Gasteiger partial charge is 0.478 e. The van der Waals surface area contributed by atoms with Crippen molar-refractivity contribution in [3.8, 4) is 0 Å². The number of nitrogens with zero attached hydrogens (tertiary/aromatic N) is 2. The molecule has 1 aromatic heterocycles. The van der Waals surface area contributed by atoms with Crippen molar-refractivity contribution in [1.29, 1.82) is 5.41 Å². The van der Waals surface area contributed by atoms with E-state index < -0.39 is 5.97 Å². The molecular weight excluding hydrogens is 426 g/mol. The number of halogens is 1. The lowest BCUT2D eigenvalue weighted by molar-refractivity contribution is 0.0697. The zero-order valence-electron chi connectivity index (χ0n) is 17.4. The van der Waals surface area contributed by atoms with Gasteiger partial charge in [-0.15, -0.1) is 0 Å². The van der Waals surface area contributed by atoms with Gasteiger partial charge in [-0.05, 0) is 42.2 Å². The fourth-order valence-corrected chi connectivity index (χ4v) is 3.92. The van der Waals surface area contributed by atoms with E-state index in [1.807, 2.05) is 25.2 Å². The standard InChI is InChI=1S/C24H22ClN5O2/c1-27-20(11-14-5-3-2-4-6-14)21-18(26)9-7-16-13-28-24(30-22(16)21)29-19-10-8-15(23(31)32)12-17(19)25/h2-6,8,10,12-13,26-27H,7,9,11H2,1H3,(H,31,32)(H,28,29,30)/b21-20+,26-18?. The Morgan fingerprint density at radius 2 is 1.97 bits per heavy atom. The Hall–Kier alpha value is -3.71. The van der Waals surface area contributed by atoms with Crippen LogP contribution in [-0.2, 0) is 12.8 Å². The molecule has 0 spiro atoms. The summed E-state index contributed by atoms with van der Waals surface area (Å²) in [5.41, 5.74) is 5.70. The number of carboxylic acid groups (broad SMARTS) is 1. The molecule has 32 heavy (non-hydrogen) atoms. The van der Waals surface area contributed by atoms with Gasteiger partial charge in [0.2, 0.25) is 5.95 Å². The van der Waals surface area contributed by atoms with Gasteiger partial charge in [-0.25, -0.2) is 14.8 Å². The maximum absolute atomic E-state index is 11.1. The van der Waals surface area contributed by atoms with E-state index in [0.29, 0.717) is 36.6 Å². The first-order valence-corrected chi connectivity index (χ1v) is 10.5. The average Bonchev–Trinajstić information content (AvgIpc) is 2.79. The highest BCUT2D eigenvalue weighted by Crippen LogP contribution is 2.32. The number of carboxylic acids is 1. The van der Waals surface area contributed by atoms with E-state index in [9.17, 15) is 4.79 Å². The van der Waals surface area contributed by atoms with Crippen LogP contribution >= 0.6 is 11.6 Å². The van der Waals surface area contributed by atoms with E-state index in [1.54, 1.807) is 12.3 Å². The Balaban J connectivity index is 1.72. The van der Waals surface area contributed by atoms with Gasteiger partial charge >= 0.3 is 5.97 Å². The van der Waals surface area contributed by atoms with E-state index in [1.165, 1.54) is 12.1 Å². The number of fused-ring (bicyclic) bond motifs is 1. The molecule has 0 atom stereocenters. The maximum atomic E-state index is 11.1. The number of carbonyl (C=O) groups is 1. The molecule has 4 rings (SSSR count). The molecule has 0 bridgehead atoms. The summed E-state index contributed by atoms with van der Waals surface area (Å²) < 4.78 is 0. The molecule has 4 N–H and O–H groups in total. The van der Waals surface area contributed by atoms with Crippen LogP contribution in [0.3, 0.4) is 0 Å². The van der Waals surface area contributed by atoms with Crippen molar-refractivity contribution in [1.82, 2.24) is 15.3 Å². The third-order valence-electron chi connectivity index (χ3n) is 5.34. The van der Waals surface area contributed by atoms with Crippen molar-refractivity contribution < 1.29 is 9.90 Å². The zero-order valence-corrected chi connectivity index (χ0v) is 18.2. The summed E-state index contributed by atoms with van der Waals surface area (Å²) in [5.74, 6) is -0.717. The van der Waals surface area contributed by atoms with Gasteiger partial charge < -0.3 is 21.1 Å². The average molecular weight is 448 g/mol. The summed E-state index contributed by atoms with van der Waals surface area (Å²) >= 11 is 6.25. The minimum absolute atomic E-state index is 0.102. The number of benzene rings is 2. The topological polar surface area (TPSA) is 111 Å². The van der Waals surface area contributed by atoms with E-state index >= 15 is 0 Å². The SMILES string of the molecule is CN/C(Cc1ccccc1)=C1\C(=N)CCc2cnc(Nc3ccc(C(=O)O)cc3Cl)nc21. The summed E-state index contributed by atoms with van der Waals surface area (Å²) in [7, 11) is 1.86. The number of nitrogens with one attached hydrogen (secondary N) is 3. The van der Waals surface area contributed by atoms with E-state index in [-0.39, 0.29) is 10.6 Å². The third-order valence-corrected chi connectivity index (χ3v) is 5.65. The lowest BCUT2D eigenvalue weighted by Crippen LogP contribution is -2.22. The molecule has 2 aromatic carbocycles. The molecule has 0 saturated heterocycles. The normalized spacial score (nSPS) is 14.5. The number of rotatable bonds is 6. The number of likely N-dealkylation sites (N-methyl/N-ethyl adjacent to an activating group) is 1. The highest BCUT2D eigenvalue weighted by atomic mass is 35.5. The second-order valence-electron chi connectivity index (χ2n) is 7.44. The summed E-state index contributed by atoms with van der Waals surface area (Å²) in [5, 5.41) is 24.3. The van der Waals surface area contributed by atoms with Crippen molar-refractivity contribution in [3.05, 3.63) is 87.8 Å². The predicted molar refractivity (Wildman–Crippen MR) is 126 cm³/mol. The second kappa shape index (κ2) is 9.20. The van der Waals surface area contributed by atoms with Crippen LogP contribution in [0.1, 0.15) is 33.6 Å². The van der Waals surface area contributed by atoms with Crippen molar-refractivity contribution in [2.45, 2.75) is 19.3 Å². The summed E-state index contributed by atoms with van der Waals surface area (Å²) in [6.07, 6.45) is 3.76. The van der Waals surface area contributed by atoms with Crippen LogP contribution in [0.15, 0.2) is 60.4 Å². The molecule has 1 aliphatic rings. The highest BCUT2D eigenvalue weighted by Gasteiger charge is 2.25. The van der Waals surface area contributed by atoms with Gasteiger partial charge in [0.25, 0.3) is 0 Å². The van der Waals surface area contributed by atoms with Crippen molar-refractivity contribution in [2.75, 3.05) is 12.4 Å². The predicted octanol–water partition coefficient (Wildman–Crippen LogP) is 4.71. The highest BCUT2D eigenvalue weighted by molar-refractivity contribution is 6.33. The van der Waals surface area contributed by atoms with Crippen molar-refractivity contribution >= 4 is 40.5 Å². The lowest BCUT2D eigenvalue weighted by Gasteiger charge is -2.23. The molecule has 0 fully saturated rings. The number of aromatic nitrogens is 2. The van der Waals surface area contributed by atoms with Gasteiger partial charge in [0.1, 0.15) is 0 Å². The van der Waals surface area contributed by atoms with Gasteiger partial charge in [0.05, 0.1) is 22.0 Å². The maximum Gasteiger partial charge on any atom is 0.335 e. The van der Waals surface area contributed by atoms with Crippen LogP contribution in [0.4, 0.5) is 11.6 Å². The Morgan fingerprint density at radius 1 is 1.19 bits per heavy atom. The number of allylic oxidation sites excluding steroid dienone is 2. The van der Waals surface area contributed by atoms with Gasteiger partial charge in [0.15, 0.2) is 0 Å². The monoisotopic (exact) mass is 447 g/mol. The van der Waals surface area contributed by atoms with Gasteiger partial charge in [0, 0.05) is 36.6 Å². The summed E-state index contributed by atoms with van der Waals surface area (Å²) in [6, 6.07) is 14.5. The van der Waals surface area contributed by atoms with Crippen molar-refractivity contribution in [3.63, 3.8) is 0 Å². The minimum Gasteiger partial charge on any atom is -0.478 e. The quantitative estimate of drug-likeness (QED) is 0.435. The number of hydrogen-bond donors (Lipinski definition) is 4. The smallest absolute Gasteiger partial charge is 0.335 e. The molecule has 162 valence electrons. The molecule has 0 amide bonds. The number of aryl methyl sites for hydroxylation is 1. The molecule has 0 aliphatic heterocycles. The van der Waals surface area contributed by atoms with Crippen LogP contribution in [-0.4, -0.2) is 33.8 Å². The minimum atomic E-state index is -1.05. The Labute approximate surface area is 190 Å². The molecule has 0 saturated carbocycles. The van der Waals surface area contributed by atoms with Crippen LogP contribution in [0.25, 0.3) is 5.57 Å². The molecule has 0 unspecified atom stereocenters. The summed E-state index contributed by atoms with van der Waals surface area (Å²) in [4.78, 5) is 20.3. The number of hydrogen-bond acceptors (Lipinski definition) is 6. The molecule has 1 aliphatic carbocycles. The first-order chi connectivity index (χ1) is 15.5. The van der Waals surface area contributed by atoms with Gasteiger partial charge in [-0.2, -0.15) is 0 Å². The third kappa shape index (κ3) is 4.48. The van der Waals surface area contributed by atoms with Crippen molar-refractivity contribution in [2.24, 2.45) is 0 Å².